The summed E-state index contributed by atoms with van der Waals surface area (Å²) in [4.78, 5) is 4.07. The van der Waals surface area contributed by atoms with E-state index in [0.29, 0.717) is 5.69 Å². The van der Waals surface area contributed by atoms with Gasteiger partial charge in [0.05, 0.1) is 5.69 Å². The number of alkyl halides is 1. The monoisotopic (exact) mass is 415 g/mol. The number of fused-ring (bicyclic) bond motifs is 2. The van der Waals surface area contributed by atoms with E-state index in [1.807, 2.05) is 36.4 Å². The number of benzene rings is 3. The molecule has 3 heteroatoms. The third-order valence-corrected chi connectivity index (χ3v) is 4.01. The van der Waals surface area contributed by atoms with Gasteiger partial charge in [-0.15, -0.1) is 24.0 Å². The van der Waals surface area contributed by atoms with E-state index in [9.17, 15) is 4.39 Å². The first-order valence-corrected chi connectivity index (χ1v) is 7.28. The van der Waals surface area contributed by atoms with Crippen LogP contribution in [0.4, 0.5) is 4.39 Å². The number of nitrogens with zero attached hydrogens (tertiary/aromatic N) is 1. The van der Waals surface area contributed by atoms with Gasteiger partial charge in [-0.05, 0) is 50.9 Å². The molecular formula is C20H15FIN. The molecule has 0 fully saturated rings. The largest absolute Gasteiger partial charge is 0.258 e. The van der Waals surface area contributed by atoms with Crippen LogP contribution < -0.4 is 0 Å². The summed E-state index contributed by atoms with van der Waals surface area (Å²) in [5, 5.41) is 4.74. The fourth-order valence-corrected chi connectivity index (χ4v) is 3.03. The summed E-state index contributed by atoms with van der Waals surface area (Å²) >= 11 is 0. The molecule has 0 spiro atoms. The quantitative estimate of drug-likeness (QED) is 0.283. The van der Waals surface area contributed by atoms with E-state index >= 15 is 0 Å². The molecule has 0 saturated heterocycles. The Morgan fingerprint density at radius 1 is 0.783 bits per heavy atom. The maximum atomic E-state index is 13.0. The van der Waals surface area contributed by atoms with Gasteiger partial charge in [-0.3, -0.25) is 4.98 Å². The number of hydrogen-bond acceptors (Lipinski definition) is 1. The molecule has 0 aliphatic heterocycles. The zero-order valence-corrected chi connectivity index (χ0v) is 14.7. The van der Waals surface area contributed by atoms with Crippen LogP contribution in [-0.2, 0) is 6.67 Å². The number of hydrogen-bond donors (Lipinski definition) is 0. The van der Waals surface area contributed by atoms with E-state index in [2.05, 4.69) is 35.3 Å². The Morgan fingerprint density at radius 3 is 2.00 bits per heavy atom. The Labute approximate surface area is 151 Å². The maximum Gasteiger partial charge on any atom is 0.131 e. The lowest BCUT2D eigenvalue weighted by atomic mass is 9.92. The summed E-state index contributed by atoms with van der Waals surface area (Å²) in [5.41, 5.74) is 2.62. The number of rotatable bonds is 2. The first-order valence-electron chi connectivity index (χ1n) is 7.28. The summed E-state index contributed by atoms with van der Waals surface area (Å²) in [6.07, 6.45) is 1.68. The molecule has 4 rings (SSSR count). The smallest absolute Gasteiger partial charge is 0.131 e. The van der Waals surface area contributed by atoms with Crippen LogP contribution in [-0.4, -0.2) is 4.98 Å². The molecule has 1 nitrogen and oxygen atoms in total. The zero-order valence-electron chi connectivity index (χ0n) is 12.4. The molecule has 0 aliphatic carbocycles. The second-order valence-electron chi connectivity index (χ2n) is 5.36. The first kappa shape index (κ1) is 15.9. The van der Waals surface area contributed by atoms with E-state index in [-0.39, 0.29) is 24.0 Å². The Morgan fingerprint density at radius 2 is 1.39 bits per heavy atom. The van der Waals surface area contributed by atoms with Crippen molar-refractivity contribution >= 4 is 45.5 Å². The van der Waals surface area contributed by atoms with Gasteiger partial charge in [0.1, 0.15) is 6.67 Å². The van der Waals surface area contributed by atoms with Crippen LogP contribution in [0.25, 0.3) is 32.7 Å². The second-order valence-corrected chi connectivity index (χ2v) is 5.36. The predicted molar refractivity (Wildman–Crippen MR) is 105 cm³/mol. The number of aromatic nitrogens is 1. The summed E-state index contributed by atoms with van der Waals surface area (Å²) in [7, 11) is 0. The molecule has 0 unspecified atom stereocenters. The summed E-state index contributed by atoms with van der Waals surface area (Å²) in [6.45, 7) is -0.545. The van der Waals surface area contributed by atoms with Crippen LogP contribution >= 0.6 is 24.0 Å². The third-order valence-electron chi connectivity index (χ3n) is 4.01. The van der Waals surface area contributed by atoms with Crippen LogP contribution in [0.5, 0.6) is 0 Å². The van der Waals surface area contributed by atoms with E-state index in [1.165, 1.54) is 21.5 Å². The molecule has 23 heavy (non-hydrogen) atoms. The first-order chi connectivity index (χ1) is 10.9. The normalized spacial score (nSPS) is 10.7. The highest BCUT2D eigenvalue weighted by Gasteiger charge is 2.10. The minimum Gasteiger partial charge on any atom is -0.258 e. The van der Waals surface area contributed by atoms with Crippen molar-refractivity contribution in [3.63, 3.8) is 0 Å². The van der Waals surface area contributed by atoms with Gasteiger partial charge in [-0.25, -0.2) is 4.39 Å². The minimum absolute atomic E-state index is 0. The van der Waals surface area contributed by atoms with Crippen molar-refractivity contribution in [1.82, 2.24) is 4.98 Å². The van der Waals surface area contributed by atoms with Crippen molar-refractivity contribution < 1.29 is 4.39 Å². The van der Waals surface area contributed by atoms with Gasteiger partial charge < -0.3 is 0 Å². The molecule has 114 valence electrons. The van der Waals surface area contributed by atoms with Gasteiger partial charge >= 0.3 is 0 Å². The lowest BCUT2D eigenvalue weighted by molar-refractivity contribution is 0.476. The van der Waals surface area contributed by atoms with Crippen LogP contribution in [0.1, 0.15) is 5.69 Å². The standard InChI is InChI=1S/C20H14FN.HI/c21-13-17-12-16(9-10-22-17)20-18-7-3-1-5-14(18)11-15-6-2-4-8-19(15)20;/h1-12H,13H2;1H. The van der Waals surface area contributed by atoms with Crippen molar-refractivity contribution in [1.29, 1.82) is 0 Å². The van der Waals surface area contributed by atoms with E-state index in [0.717, 1.165) is 11.1 Å². The Kier molecular flexibility index (Phi) is 4.57. The molecule has 3 aromatic carbocycles. The average molecular weight is 415 g/mol. The van der Waals surface area contributed by atoms with E-state index < -0.39 is 6.67 Å². The van der Waals surface area contributed by atoms with Crippen LogP contribution in [0.15, 0.2) is 72.9 Å². The van der Waals surface area contributed by atoms with Gasteiger partial charge in [-0.1, -0.05) is 48.5 Å². The van der Waals surface area contributed by atoms with Crippen LogP contribution in [0, 0.1) is 0 Å². The molecule has 0 N–H and O–H groups in total. The number of pyridine rings is 1. The van der Waals surface area contributed by atoms with Crippen molar-refractivity contribution in [2.75, 3.05) is 0 Å². The lowest BCUT2D eigenvalue weighted by Crippen LogP contribution is -1.89. The average Bonchev–Trinajstić information content (AvgIpc) is 2.59. The van der Waals surface area contributed by atoms with Crippen molar-refractivity contribution in [2.45, 2.75) is 6.67 Å². The van der Waals surface area contributed by atoms with Crippen molar-refractivity contribution in [2.24, 2.45) is 0 Å². The molecule has 0 amide bonds. The van der Waals surface area contributed by atoms with Gasteiger partial charge in [0.15, 0.2) is 0 Å². The molecular weight excluding hydrogens is 400 g/mol. The van der Waals surface area contributed by atoms with Gasteiger partial charge in [-0.2, -0.15) is 0 Å². The summed E-state index contributed by atoms with van der Waals surface area (Å²) in [5.74, 6) is 0. The Hall–Kier alpha value is -2.01. The van der Waals surface area contributed by atoms with Crippen LogP contribution in [0.2, 0.25) is 0 Å². The highest BCUT2D eigenvalue weighted by Crippen LogP contribution is 2.36. The molecule has 1 heterocycles. The zero-order chi connectivity index (χ0) is 14.9. The number of halogens is 2. The lowest BCUT2D eigenvalue weighted by Gasteiger charge is -2.12. The predicted octanol–water partition coefficient (Wildman–Crippen LogP) is 6.14. The maximum absolute atomic E-state index is 13.0. The summed E-state index contributed by atoms with van der Waals surface area (Å²) in [6, 6.07) is 22.6. The topological polar surface area (TPSA) is 12.9 Å². The van der Waals surface area contributed by atoms with Gasteiger partial charge in [0, 0.05) is 6.20 Å². The highest BCUT2D eigenvalue weighted by atomic mass is 127. The van der Waals surface area contributed by atoms with Crippen molar-refractivity contribution in [3.05, 3.63) is 78.6 Å². The second kappa shape index (κ2) is 6.62. The highest BCUT2D eigenvalue weighted by molar-refractivity contribution is 14.0. The fraction of sp³-hybridized carbons (Fsp3) is 0.0500. The Bertz CT molecular complexity index is 927. The molecule has 0 aliphatic rings. The molecule has 1 aromatic heterocycles. The van der Waals surface area contributed by atoms with Crippen molar-refractivity contribution in [3.8, 4) is 11.1 Å². The minimum atomic E-state index is -0.545. The van der Waals surface area contributed by atoms with Crippen LogP contribution in [0.3, 0.4) is 0 Å². The van der Waals surface area contributed by atoms with Gasteiger partial charge in [0.25, 0.3) is 0 Å². The molecule has 0 atom stereocenters. The molecule has 0 bridgehead atoms. The van der Waals surface area contributed by atoms with Gasteiger partial charge in [0.2, 0.25) is 0 Å². The Balaban J connectivity index is 0.00000156. The van der Waals surface area contributed by atoms with E-state index in [4.69, 9.17) is 0 Å². The third kappa shape index (κ3) is 2.81. The van der Waals surface area contributed by atoms with E-state index in [1.54, 1.807) is 6.20 Å². The SMILES string of the molecule is FCc1cc(-c2c3ccccc3cc3ccccc23)ccn1.I. The fourth-order valence-electron chi connectivity index (χ4n) is 3.03. The summed E-state index contributed by atoms with van der Waals surface area (Å²) < 4.78 is 13.0. The molecule has 0 radical (unpaired) electrons. The molecule has 0 saturated carbocycles. The molecule has 4 aromatic rings.